The molecule has 27 heavy (non-hydrogen) atoms. The van der Waals surface area contributed by atoms with Crippen molar-refractivity contribution in [1.29, 1.82) is 0 Å². The van der Waals surface area contributed by atoms with E-state index >= 15 is 0 Å². The summed E-state index contributed by atoms with van der Waals surface area (Å²) in [6, 6.07) is 7.74. The Kier molecular flexibility index (Phi) is 7.10. The Balaban J connectivity index is 2.98. The van der Waals surface area contributed by atoms with Crippen LogP contribution in [0.5, 0.6) is 11.5 Å². The fraction of sp³-hybridized carbons (Fsp3) is 0.429. The molecular weight excluding hydrogens is 363 g/mol. The van der Waals surface area contributed by atoms with E-state index in [-0.39, 0.29) is 13.2 Å². The van der Waals surface area contributed by atoms with E-state index in [1.54, 1.807) is 34.1 Å². The fourth-order valence-electron chi connectivity index (χ4n) is 3.48. The minimum absolute atomic E-state index is 0.253. The molecule has 0 atom stereocenters. The number of hydrogen-bond donors (Lipinski definition) is 0. The molecule has 2 aromatic carbocycles. The van der Waals surface area contributed by atoms with Gasteiger partial charge in [-0.2, -0.15) is 0 Å². The molecule has 0 aromatic heterocycles. The molecule has 0 bridgehead atoms. The molecule has 148 valence electrons. The van der Waals surface area contributed by atoms with E-state index in [4.69, 9.17) is 18.5 Å². The molecule has 2 rings (SSSR count). The topological polar surface area (TPSA) is 54.0 Å². The van der Waals surface area contributed by atoms with Crippen LogP contribution in [-0.4, -0.2) is 27.4 Å². The first-order valence-electron chi connectivity index (χ1n) is 9.05. The molecule has 0 fully saturated rings. The maximum Gasteiger partial charge on any atom is 0.365 e. The summed E-state index contributed by atoms with van der Waals surface area (Å²) in [5.41, 5.74) is 4.91. The van der Waals surface area contributed by atoms with Crippen LogP contribution in [0.3, 0.4) is 0 Å². The van der Waals surface area contributed by atoms with Crippen LogP contribution in [0.25, 0.3) is 11.1 Å². The summed E-state index contributed by atoms with van der Waals surface area (Å²) in [5.74, 6) is 1.05. The molecule has 0 heterocycles. The number of aryl methyl sites for hydroxylation is 3. The lowest BCUT2D eigenvalue weighted by Crippen LogP contribution is -2.18. The Morgan fingerprint density at radius 2 is 1.30 bits per heavy atom. The number of hydrogen-bond acceptors (Lipinski definition) is 5. The molecule has 2 aromatic rings. The Bertz CT molecular complexity index is 827. The summed E-state index contributed by atoms with van der Waals surface area (Å²) >= 11 is 0. The summed E-state index contributed by atoms with van der Waals surface area (Å²) in [7, 11) is -0.480. The number of ether oxygens (including phenoxy) is 2. The standard InChI is InChI=1S/C21H29O5P/c1-8-25-27(22,26-9-2)21-18(24-7)11-10-17(23-6)20(21)19-15(4)12-14(3)13-16(19)5/h10-13H,8-9H2,1-7H3. The van der Waals surface area contributed by atoms with E-state index in [0.717, 1.165) is 22.3 Å². The number of benzene rings is 2. The molecule has 0 aliphatic rings. The normalized spacial score (nSPS) is 11.5. The quantitative estimate of drug-likeness (QED) is 0.579. The third-order valence-electron chi connectivity index (χ3n) is 4.34. The van der Waals surface area contributed by atoms with Crippen LogP contribution >= 0.6 is 7.60 Å². The second-order valence-electron chi connectivity index (χ2n) is 6.30. The summed E-state index contributed by atoms with van der Waals surface area (Å²) in [4.78, 5) is 0. The molecular formula is C21H29O5P. The first kappa shape index (κ1) is 21.5. The van der Waals surface area contributed by atoms with Gasteiger partial charge in [0, 0.05) is 5.56 Å². The second-order valence-corrected chi connectivity index (χ2v) is 8.26. The third kappa shape index (κ3) is 4.21. The van der Waals surface area contributed by atoms with E-state index in [2.05, 4.69) is 19.1 Å². The minimum atomic E-state index is -3.63. The molecule has 0 N–H and O–H groups in total. The van der Waals surface area contributed by atoms with Crippen LogP contribution in [0, 0.1) is 20.8 Å². The summed E-state index contributed by atoms with van der Waals surface area (Å²) in [5, 5.41) is 0.406. The fourth-order valence-corrected chi connectivity index (χ4v) is 5.43. The number of rotatable bonds is 8. The van der Waals surface area contributed by atoms with E-state index in [1.165, 1.54) is 0 Å². The molecule has 0 spiro atoms. The smallest absolute Gasteiger partial charge is 0.365 e. The van der Waals surface area contributed by atoms with Crippen LogP contribution in [0.2, 0.25) is 0 Å². The van der Waals surface area contributed by atoms with Crippen LogP contribution in [0.4, 0.5) is 0 Å². The zero-order chi connectivity index (χ0) is 20.2. The molecule has 0 saturated heterocycles. The molecule has 0 saturated carbocycles. The van der Waals surface area contributed by atoms with E-state index < -0.39 is 7.60 Å². The van der Waals surface area contributed by atoms with Gasteiger partial charge in [-0.1, -0.05) is 17.7 Å². The highest BCUT2D eigenvalue weighted by Gasteiger charge is 2.36. The van der Waals surface area contributed by atoms with Gasteiger partial charge in [0.05, 0.1) is 27.4 Å². The maximum absolute atomic E-state index is 13.8. The Morgan fingerprint density at radius 1 is 0.815 bits per heavy atom. The zero-order valence-electron chi connectivity index (χ0n) is 17.2. The second kappa shape index (κ2) is 8.92. The van der Waals surface area contributed by atoms with Crippen molar-refractivity contribution < 1.29 is 23.1 Å². The summed E-state index contributed by atoms with van der Waals surface area (Å²) < 4.78 is 36.3. The van der Waals surface area contributed by atoms with Gasteiger partial charge < -0.3 is 18.5 Å². The molecule has 0 amide bonds. The van der Waals surface area contributed by atoms with E-state index in [9.17, 15) is 4.57 Å². The van der Waals surface area contributed by atoms with Gasteiger partial charge in [-0.25, -0.2) is 0 Å². The summed E-state index contributed by atoms with van der Waals surface area (Å²) in [6.45, 7) is 10.2. The van der Waals surface area contributed by atoms with Crippen molar-refractivity contribution in [1.82, 2.24) is 0 Å². The van der Waals surface area contributed by atoms with Crippen molar-refractivity contribution in [3.63, 3.8) is 0 Å². The van der Waals surface area contributed by atoms with Gasteiger partial charge in [0.1, 0.15) is 16.8 Å². The first-order valence-corrected chi connectivity index (χ1v) is 10.6. The molecule has 5 nitrogen and oxygen atoms in total. The Morgan fingerprint density at radius 3 is 1.74 bits per heavy atom. The Labute approximate surface area is 162 Å². The maximum atomic E-state index is 13.8. The van der Waals surface area contributed by atoms with Crippen molar-refractivity contribution in [3.05, 3.63) is 41.0 Å². The van der Waals surface area contributed by atoms with Crippen LogP contribution in [-0.2, 0) is 13.6 Å². The predicted octanol–water partition coefficient (Wildman–Crippen LogP) is 5.19. The molecule has 0 radical (unpaired) electrons. The van der Waals surface area contributed by atoms with E-state index in [1.807, 2.05) is 19.9 Å². The van der Waals surface area contributed by atoms with Gasteiger partial charge in [-0.05, 0) is 63.4 Å². The molecule has 0 aliphatic heterocycles. The average Bonchev–Trinajstić information content (AvgIpc) is 2.60. The lowest BCUT2D eigenvalue weighted by molar-refractivity contribution is 0.229. The molecule has 6 heteroatoms. The first-order chi connectivity index (χ1) is 12.8. The molecule has 0 unspecified atom stereocenters. The van der Waals surface area contributed by atoms with Gasteiger partial charge in [-0.3, -0.25) is 4.57 Å². The van der Waals surface area contributed by atoms with Gasteiger partial charge in [0.2, 0.25) is 0 Å². The van der Waals surface area contributed by atoms with Crippen molar-refractivity contribution >= 4 is 12.9 Å². The van der Waals surface area contributed by atoms with Gasteiger partial charge in [0.25, 0.3) is 0 Å². The largest absolute Gasteiger partial charge is 0.496 e. The summed E-state index contributed by atoms with van der Waals surface area (Å²) in [6.07, 6.45) is 0. The molecule has 0 aliphatic carbocycles. The van der Waals surface area contributed by atoms with E-state index in [0.29, 0.717) is 22.4 Å². The average molecular weight is 392 g/mol. The van der Waals surface area contributed by atoms with Crippen LogP contribution in [0.15, 0.2) is 24.3 Å². The van der Waals surface area contributed by atoms with Crippen LogP contribution < -0.4 is 14.8 Å². The highest BCUT2D eigenvalue weighted by molar-refractivity contribution is 7.62. The monoisotopic (exact) mass is 392 g/mol. The van der Waals surface area contributed by atoms with Crippen molar-refractivity contribution in [2.45, 2.75) is 34.6 Å². The van der Waals surface area contributed by atoms with Gasteiger partial charge in [0.15, 0.2) is 0 Å². The SMILES string of the molecule is CCOP(=O)(OCC)c1c(OC)ccc(OC)c1-c1c(C)cc(C)cc1C. The van der Waals surface area contributed by atoms with Crippen molar-refractivity contribution in [2.75, 3.05) is 27.4 Å². The minimum Gasteiger partial charge on any atom is -0.496 e. The predicted molar refractivity (Wildman–Crippen MR) is 110 cm³/mol. The zero-order valence-corrected chi connectivity index (χ0v) is 18.1. The van der Waals surface area contributed by atoms with Crippen molar-refractivity contribution in [2.24, 2.45) is 0 Å². The highest BCUT2D eigenvalue weighted by Crippen LogP contribution is 2.54. The third-order valence-corrected chi connectivity index (χ3v) is 6.53. The number of methoxy groups -OCH3 is 2. The highest BCUT2D eigenvalue weighted by atomic mass is 31.2. The lowest BCUT2D eigenvalue weighted by Gasteiger charge is -2.25. The van der Waals surface area contributed by atoms with Crippen molar-refractivity contribution in [3.8, 4) is 22.6 Å². The van der Waals surface area contributed by atoms with Crippen LogP contribution in [0.1, 0.15) is 30.5 Å². The Hall–Kier alpha value is -1.81. The lowest BCUT2D eigenvalue weighted by atomic mass is 9.93. The van der Waals surface area contributed by atoms with Gasteiger partial charge >= 0.3 is 7.60 Å². The van der Waals surface area contributed by atoms with Gasteiger partial charge in [-0.15, -0.1) is 0 Å².